The van der Waals surface area contributed by atoms with Crippen LogP contribution < -0.4 is 10.6 Å². The number of hydrogen-bond acceptors (Lipinski definition) is 5. The van der Waals surface area contributed by atoms with Crippen molar-refractivity contribution in [2.24, 2.45) is 5.41 Å². The maximum absolute atomic E-state index is 5.90. The Bertz CT molecular complexity index is 409. The highest BCUT2D eigenvalue weighted by molar-refractivity contribution is 6.28. The van der Waals surface area contributed by atoms with Gasteiger partial charge in [0.05, 0.1) is 0 Å². The van der Waals surface area contributed by atoms with E-state index in [1.54, 1.807) is 0 Å². The summed E-state index contributed by atoms with van der Waals surface area (Å²) in [5.41, 5.74) is 0.215. The number of unbranched alkanes of at least 4 members (excludes halogenated alkanes) is 2. The molecule has 0 saturated carbocycles. The van der Waals surface area contributed by atoms with Crippen LogP contribution in [0.25, 0.3) is 0 Å². The molecule has 0 atom stereocenters. The molecule has 5 nitrogen and oxygen atoms in total. The molecular weight excluding hydrogens is 274 g/mol. The van der Waals surface area contributed by atoms with Crippen molar-refractivity contribution in [2.45, 2.75) is 53.4 Å². The lowest BCUT2D eigenvalue weighted by atomic mass is 9.87. The molecule has 6 heteroatoms. The molecule has 0 spiro atoms. The molecule has 1 aromatic heterocycles. The minimum atomic E-state index is 0.210. The Balaban J connectivity index is 2.55. The van der Waals surface area contributed by atoms with E-state index in [0.29, 0.717) is 11.9 Å². The summed E-state index contributed by atoms with van der Waals surface area (Å²) in [7, 11) is 0. The lowest BCUT2D eigenvalue weighted by Gasteiger charge is -2.25. The zero-order valence-electron chi connectivity index (χ0n) is 13.0. The second kappa shape index (κ2) is 8.25. The minimum absolute atomic E-state index is 0.210. The van der Waals surface area contributed by atoms with Gasteiger partial charge in [-0.25, -0.2) is 0 Å². The predicted molar refractivity (Wildman–Crippen MR) is 85.4 cm³/mol. The number of anilines is 2. The quantitative estimate of drug-likeness (QED) is 0.675. The average molecular weight is 300 g/mol. The third-order valence-electron chi connectivity index (χ3n) is 3.13. The number of nitrogens with one attached hydrogen (secondary N) is 2. The molecule has 114 valence electrons. The summed E-state index contributed by atoms with van der Waals surface area (Å²) in [6.07, 6.45) is 4.97. The molecule has 0 unspecified atom stereocenters. The molecule has 2 N–H and O–H groups in total. The Morgan fingerprint density at radius 3 is 2.25 bits per heavy atom. The van der Waals surface area contributed by atoms with Gasteiger partial charge in [0.15, 0.2) is 0 Å². The van der Waals surface area contributed by atoms with Crippen molar-refractivity contribution in [1.82, 2.24) is 15.0 Å². The van der Waals surface area contributed by atoms with Crippen LogP contribution in [-0.2, 0) is 0 Å². The van der Waals surface area contributed by atoms with Crippen LogP contribution in [-0.4, -0.2) is 28.0 Å². The van der Waals surface area contributed by atoms with Crippen LogP contribution in [0.4, 0.5) is 11.9 Å². The van der Waals surface area contributed by atoms with Crippen molar-refractivity contribution in [3.8, 4) is 0 Å². The van der Waals surface area contributed by atoms with Crippen molar-refractivity contribution in [3.63, 3.8) is 0 Å². The summed E-state index contributed by atoms with van der Waals surface area (Å²) < 4.78 is 0. The fourth-order valence-corrected chi connectivity index (χ4v) is 2.09. The van der Waals surface area contributed by atoms with Gasteiger partial charge in [0.25, 0.3) is 0 Å². The van der Waals surface area contributed by atoms with Gasteiger partial charge in [-0.05, 0) is 30.4 Å². The van der Waals surface area contributed by atoms with Crippen molar-refractivity contribution >= 4 is 23.5 Å². The van der Waals surface area contributed by atoms with Crippen molar-refractivity contribution in [2.75, 3.05) is 23.7 Å². The summed E-state index contributed by atoms with van der Waals surface area (Å²) in [4.78, 5) is 12.4. The normalized spacial score (nSPS) is 11.4. The van der Waals surface area contributed by atoms with E-state index in [2.05, 4.69) is 46.4 Å². The van der Waals surface area contributed by atoms with E-state index in [9.17, 15) is 0 Å². The molecule has 0 fully saturated rings. The highest BCUT2D eigenvalue weighted by Gasteiger charge is 2.17. The fraction of sp³-hybridized carbons (Fsp3) is 0.786. The number of nitrogens with zero attached hydrogens (tertiary/aromatic N) is 3. The first-order chi connectivity index (χ1) is 9.46. The molecule has 0 aromatic carbocycles. The van der Waals surface area contributed by atoms with E-state index in [1.165, 1.54) is 25.7 Å². The van der Waals surface area contributed by atoms with E-state index >= 15 is 0 Å². The smallest absolute Gasteiger partial charge is 0.228 e. The third-order valence-corrected chi connectivity index (χ3v) is 3.29. The minimum Gasteiger partial charge on any atom is -0.354 e. The van der Waals surface area contributed by atoms with Gasteiger partial charge in [0.2, 0.25) is 17.2 Å². The largest absolute Gasteiger partial charge is 0.354 e. The van der Waals surface area contributed by atoms with Crippen molar-refractivity contribution < 1.29 is 0 Å². The Hall–Kier alpha value is -1.10. The summed E-state index contributed by atoms with van der Waals surface area (Å²) in [5.74, 6) is 1.04. The number of halogens is 1. The lowest BCUT2D eigenvalue weighted by molar-refractivity contribution is 0.342. The second-order valence-corrected chi connectivity index (χ2v) is 6.09. The van der Waals surface area contributed by atoms with Gasteiger partial charge in [0, 0.05) is 13.1 Å². The molecule has 0 bridgehead atoms. The maximum atomic E-state index is 5.90. The van der Waals surface area contributed by atoms with Gasteiger partial charge in [0.1, 0.15) is 0 Å². The SMILES string of the molecule is CCCCCC(C)(C)CNc1nc(Cl)nc(NCC)n1. The zero-order valence-corrected chi connectivity index (χ0v) is 13.7. The second-order valence-electron chi connectivity index (χ2n) is 5.76. The standard InChI is InChI=1S/C14H26ClN5/c1-5-7-8-9-14(3,4)10-17-13-19-11(15)18-12(20-13)16-6-2/h5-10H2,1-4H3,(H2,16,17,18,19,20). The van der Waals surface area contributed by atoms with Crippen molar-refractivity contribution in [1.29, 1.82) is 0 Å². The molecule has 1 rings (SSSR count). The highest BCUT2D eigenvalue weighted by atomic mass is 35.5. The monoisotopic (exact) mass is 299 g/mol. The molecule has 0 amide bonds. The molecule has 1 heterocycles. The highest BCUT2D eigenvalue weighted by Crippen LogP contribution is 2.24. The van der Waals surface area contributed by atoms with Gasteiger partial charge in [-0.2, -0.15) is 15.0 Å². The molecule has 0 aliphatic carbocycles. The Labute approximate surface area is 127 Å². The third kappa shape index (κ3) is 6.37. The number of aromatic nitrogens is 3. The van der Waals surface area contributed by atoms with Crippen molar-refractivity contribution in [3.05, 3.63) is 5.28 Å². The van der Waals surface area contributed by atoms with Crippen LogP contribution in [0.5, 0.6) is 0 Å². The van der Waals surface area contributed by atoms with Gasteiger partial charge in [-0.15, -0.1) is 0 Å². The van der Waals surface area contributed by atoms with Gasteiger partial charge in [-0.1, -0.05) is 40.0 Å². The molecule has 0 radical (unpaired) electrons. The summed E-state index contributed by atoms with van der Waals surface area (Å²) in [6, 6.07) is 0. The van der Waals surface area contributed by atoms with Gasteiger partial charge < -0.3 is 10.6 Å². The van der Waals surface area contributed by atoms with Crippen LogP contribution >= 0.6 is 11.6 Å². The van der Waals surface area contributed by atoms with E-state index in [0.717, 1.165) is 13.1 Å². The van der Waals surface area contributed by atoms with Crippen LogP contribution in [0.1, 0.15) is 53.4 Å². The molecule has 0 aliphatic rings. The Morgan fingerprint density at radius 2 is 1.65 bits per heavy atom. The van der Waals surface area contributed by atoms with E-state index in [-0.39, 0.29) is 10.7 Å². The van der Waals surface area contributed by atoms with E-state index in [1.807, 2.05) is 6.92 Å². The van der Waals surface area contributed by atoms with E-state index < -0.39 is 0 Å². The van der Waals surface area contributed by atoms with E-state index in [4.69, 9.17) is 11.6 Å². The average Bonchev–Trinajstić information content (AvgIpc) is 2.37. The molecular formula is C14H26ClN5. The summed E-state index contributed by atoms with van der Waals surface area (Å²) in [6.45, 7) is 10.3. The first-order valence-electron chi connectivity index (χ1n) is 7.36. The van der Waals surface area contributed by atoms with Crippen LogP contribution in [0.3, 0.4) is 0 Å². The summed E-state index contributed by atoms with van der Waals surface area (Å²) in [5, 5.41) is 6.52. The molecule has 0 aliphatic heterocycles. The first kappa shape index (κ1) is 17.0. The van der Waals surface area contributed by atoms with Gasteiger partial charge in [-0.3, -0.25) is 0 Å². The maximum Gasteiger partial charge on any atom is 0.228 e. The number of rotatable bonds is 9. The zero-order chi connectivity index (χ0) is 15.0. The Morgan fingerprint density at radius 1 is 1.00 bits per heavy atom. The van der Waals surface area contributed by atoms with Crippen LogP contribution in [0.15, 0.2) is 0 Å². The van der Waals surface area contributed by atoms with Crippen LogP contribution in [0, 0.1) is 5.41 Å². The topological polar surface area (TPSA) is 62.7 Å². The van der Waals surface area contributed by atoms with Gasteiger partial charge >= 0.3 is 0 Å². The Kier molecular flexibility index (Phi) is 6.99. The van der Waals surface area contributed by atoms with Crippen LogP contribution in [0.2, 0.25) is 5.28 Å². The lowest BCUT2D eigenvalue weighted by Crippen LogP contribution is -2.24. The molecule has 20 heavy (non-hydrogen) atoms. The predicted octanol–water partition coefficient (Wildman–Crippen LogP) is 3.98. The fourth-order valence-electron chi connectivity index (χ4n) is 1.93. The first-order valence-corrected chi connectivity index (χ1v) is 7.74. The molecule has 1 aromatic rings. The molecule has 0 saturated heterocycles. The summed E-state index contributed by atoms with van der Waals surface area (Å²) >= 11 is 5.90. The number of hydrogen-bond donors (Lipinski definition) is 2.